The van der Waals surface area contributed by atoms with Crippen molar-refractivity contribution in [1.29, 1.82) is 0 Å². The quantitative estimate of drug-likeness (QED) is 0.863. The van der Waals surface area contributed by atoms with Gasteiger partial charge in [0, 0.05) is 13.1 Å². The van der Waals surface area contributed by atoms with E-state index in [4.69, 9.17) is 4.74 Å². The minimum Gasteiger partial charge on any atom is -0.497 e. The Hall–Kier alpha value is -1.59. The van der Waals surface area contributed by atoms with Crippen LogP contribution in [-0.4, -0.2) is 32.9 Å². The number of rotatable bonds is 3. The molecule has 124 valence electrons. The summed E-state index contributed by atoms with van der Waals surface area (Å²) < 4.78 is 32.7. The molecule has 0 amide bonds. The van der Waals surface area contributed by atoms with E-state index in [1.807, 2.05) is 24.3 Å². The molecule has 1 heterocycles. The van der Waals surface area contributed by atoms with Gasteiger partial charge in [0.1, 0.15) is 5.75 Å². The Kier molecular flexibility index (Phi) is 4.34. The lowest BCUT2D eigenvalue weighted by Gasteiger charge is -2.34. The van der Waals surface area contributed by atoms with Crippen molar-refractivity contribution in [2.24, 2.45) is 11.8 Å². The third-order valence-electron chi connectivity index (χ3n) is 4.49. The number of ether oxygens (including phenoxy) is 1. The molecule has 0 unspecified atom stereocenters. The van der Waals surface area contributed by atoms with Gasteiger partial charge >= 0.3 is 0 Å². The summed E-state index contributed by atoms with van der Waals surface area (Å²) in [6.45, 7) is 5.44. The number of benzene rings is 2. The first-order valence-corrected chi connectivity index (χ1v) is 9.42. The lowest BCUT2D eigenvalue weighted by atomic mass is 9.94. The van der Waals surface area contributed by atoms with Crippen LogP contribution in [0.15, 0.2) is 41.3 Å². The van der Waals surface area contributed by atoms with Gasteiger partial charge in [-0.25, -0.2) is 8.42 Å². The Morgan fingerprint density at radius 2 is 1.61 bits per heavy atom. The molecule has 1 aliphatic heterocycles. The molecular weight excluding hydrogens is 310 g/mol. The molecule has 3 rings (SSSR count). The van der Waals surface area contributed by atoms with Crippen LogP contribution in [0.2, 0.25) is 0 Å². The molecule has 1 fully saturated rings. The summed E-state index contributed by atoms with van der Waals surface area (Å²) in [5, 5.41) is 1.88. The second kappa shape index (κ2) is 6.13. The SMILES string of the molecule is COc1ccc2cc(S(=O)(=O)N3C[C@H](C)C[C@H](C)C3)ccc2c1. The molecule has 1 aliphatic rings. The number of hydrogen-bond acceptors (Lipinski definition) is 3. The molecule has 5 heteroatoms. The molecule has 0 spiro atoms. The van der Waals surface area contributed by atoms with E-state index in [0.29, 0.717) is 29.8 Å². The molecule has 1 saturated heterocycles. The van der Waals surface area contributed by atoms with Crippen LogP contribution in [0.5, 0.6) is 5.75 Å². The number of fused-ring (bicyclic) bond motifs is 1. The monoisotopic (exact) mass is 333 g/mol. The highest BCUT2D eigenvalue weighted by Gasteiger charge is 2.31. The van der Waals surface area contributed by atoms with E-state index in [1.54, 1.807) is 23.5 Å². The first-order chi connectivity index (χ1) is 10.9. The lowest BCUT2D eigenvalue weighted by Crippen LogP contribution is -2.42. The summed E-state index contributed by atoms with van der Waals surface area (Å²) in [4.78, 5) is 0.372. The summed E-state index contributed by atoms with van der Waals surface area (Å²) in [5.41, 5.74) is 0. The van der Waals surface area contributed by atoms with E-state index in [9.17, 15) is 8.42 Å². The van der Waals surface area contributed by atoms with Gasteiger partial charge in [0.05, 0.1) is 12.0 Å². The van der Waals surface area contributed by atoms with Crippen LogP contribution in [0.3, 0.4) is 0 Å². The zero-order valence-corrected chi connectivity index (χ0v) is 14.6. The highest BCUT2D eigenvalue weighted by atomic mass is 32.2. The van der Waals surface area contributed by atoms with Gasteiger partial charge in [0.15, 0.2) is 0 Å². The molecule has 0 saturated carbocycles. The standard InChI is InChI=1S/C18H23NO3S/c1-13-8-14(2)12-19(11-13)23(20,21)18-7-5-15-9-17(22-3)6-4-16(15)10-18/h4-7,9-10,13-14H,8,11-12H2,1-3H3/t13-,14+. The first kappa shape index (κ1) is 16.3. The van der Waals surface area contributed by atoms with E-state index >= 15 is 0 Å². The Labute approximate surface area is 138 Å². The van der Waals surface area contributed by atoms with Crippen molar-refractivity contribution in [3.8, 4) is 5.75 Å². The Bertz CT molecular complexity index is 806. The lowest BCUT2D eigenvalue weighted by molar-refractivity contribution is 0.222. The van der Waals surface area contributed by atoms with Gasteiger partial charge in [-0.1, -0.05) is 26.0 Å². The van der Waals surface area contributed by atoms with Crippen LogP contribution >= 0.6 is 0 Å². The predicted octanol–water partition coefficient (Wildman–Crippen LogP) is 3.52. The van der Waals surface area contributed by atoms with Crippen molar-refractivity contribution < 1.29 is 13.2 Å². The normalized spacial score (nSPS) is 23.1. The van der Waals surface area contributed by atoms with Crippen LogP contribution in [0.4, 0.5) is 0 Å². The zero-order valence-electron chi connectivity index (χ0n) is 13.8. The average molecular weight is 333 g/mol. The zero-order chi connectivity index (χ0) is 16.6. The van der Waals surface area contributed by atoms with E-state index < -0.39 is 10.0 Å². The fourth-order valence-electron chi connectivity index (χ4n) is 3.44. The van der Waals surface area contributed by atoms with Gasteiger partial charge in [0.25, 0.3) is 0 Å². The summed E-state index contributed by atoms with van der Waals surface area (Å²) in [7, 11) is -1.81. The molecule has 2 atom stereocenters. The largest absolute Gasteiger partial charge is 0.497 e. The van der Waals surface area contributed by atoms with E-state index in [2.05, 4.69) is 13.8 Å². The number of piperidine rings is 1. The second-order valence-electron chi connectivity index (χ2n) is 6.64. The van der Waals surface area contributed by atoms with E-state index in [1.165, 1.54) is 0 Å². The number of methoxy groups -OCH3 is 1. The van der Waals surface area contributed by atoms with Crippen molar-refractivity contribution in [2.75, 3.05) is 20.2 Å². The molecule has 0 aromatic heterocycles. The molecule has 23 heavy (non-hydrogen) atoms. The summed E-state index contributed by atoms with van der Waals surface area (Å²) in [5.74, 6) is 1.57. The maximum absolute atomic E-state index is 12.9. The minimum atomic E-state index is -3.43. The van der Waals surface area contributed by atoms with Gasteiger partial charge in [-0.3, -0.25) is 0 Å². The number of sulfonamides is 1. The smallest absolute Gasteiger partial charge is 0.243 e. The van der Waals surface area contributed by atoms with E-state index in [-0.39, 0.29) is 0 Å². The van der Waals surface area contributed by atoms with Crippen LogP contribution in [0.1, 0.15) is 20.3 Å². The maximum atomic E-state index is 12.9. The van der Waals surface area contributed by atoms with E-state index in [0.717, 1.165) is 22.9 Å². The number of nitrogens with zero attached hydrogens (tertiary/aromatic N) is 1. The Balaban J connectivity index is 1.98. The fourth-order valence-corrected chi connectivity index (χ4v) is 5.16. The van der Waals surface area contributed by atoms with Crippen molar-refractivity contribution >= 4 is 20.8 Å². The molecular formula is C18H23NO3S. The van der Waals surface area contributed by atoms with Crippen molar-refractivity contribution in [2.45, 2.75) is 25.2 Å². The molecule has 0 radical (unpaired) electrons. The highest BCUT2D eigenvalue weighted by molar-refractivity contribution is 7.89. The predicted molar refractivity (Wildman–Crippen MR) is 92.2 cm³/mol. The maximum Gasteiger partial charge on any atom is 0.243 e. The Morgan fingerprint density at radius 1 is 1.00 bits per heavy atom. The van der Waals surface area contributed by atoms with Crippen molar-refractivity contribution in [1.82, 2.24) is 4.31 Å². The second-order valence-corrected chi connectivity index (χ2v) is 8.58. The molecule has 4 nitrogen and oxygen atoms in total. The Morgan fingerprint density at radius 3 is 2.26 bits per heavy atom. The molecule has 0 bridgehead atoms. The van der Waals surface area contributed by atoms with Gasteiger partial charge in [-0.15, -0.1) is 0 Å². The van der Waals surface area contributed by atoms with Crippen LogP contribution in [0, 0.1) is 11.8 Å². The molecule has 0 aliphatic carbocycles. The van der Waals surface area contributed by atoms with Crippen LogP contribution in [0.25, 0.3) is 10.8 Å². The van der Waals surface area contributed by atoms with Crippen molar-refractivity contribution in [3.05, 3.63) is 36.4 Å². The third-order valence-corrected chi connectivity index (χ3v) is 6.32. The fraction of sp³-hybridized carbons (Fsp3) is 0.444. The highest BCUT2D eigenvalue weighted by Crippen LogP contribution is 2.29. The van der Waals surface area contributed by atoms with Gasteiger partial charge in [-0.2, -0.15) is 4.31 Å². The average Bonchev–Trinajstić information content (AvgIpc) is 2.52. The molecule has 2 aromatic carbocycles. The van der Waals surface area contributed by atoms with Crippen LogP contribution < -0.4 is 4.74 Å². The van der Waals surface area contributed by atoms with Crippen molar-refractivity contribution in [3.63, 3.8) is 0 Å². The topological polar surface area (TPSA) is 46.6 Å². The summed E-state index contributed by atoms with van der Waals surface area (Å²) in [6, 6.07) is 11.0. The first-order valence-electron chi connectivity index (χ1n) is 7.98. The van der Waals surface area contributed by atoms with Gasteiger partial charge in [-0.05, 0) is 53.3 Å². The molecule has 2 aromatic rings. The third kappa shape index (κ3) is 3.21. The summed E-state index contributed by atoms with van der Waals surface area (Å²) >= 11 is 0. The van der Waals surface area contributed by atoms with Gasteiger partial charge in [0.2, 0.25) is 10.0 Å². The minimum absolute atomic E-state index is 0.372. The summed E-state index contributed by atoms with van der Waals surface area (Å²) in [6.07, 6.45) is 1.09. The number of hydrogen-bond donors (Lipinski definition) is 0. The van der Waals surface area contributed by atoms with Crippen LogP contribution in [-0.2, 0) is 10.0 Å². The molecule has 0 N–H and O–H groups in total. The van der Waals surface area contributed by atoms with Gasteiger partial charge < -0.3 is 4.74 Å².